The molecule has 0 amide bonds. The van der Waals surface area contributed by atoms with Crippen LogP contribution in [-0.4, -0.2) is 11.2 Å². The average Bonchev–Trinajstić information content (AvgIpc) is 2.72. The van der Waals surface area contributed by atoms with Gasteiger partial charge in [-0.1, -0.05) is 28.8 Å². The molecular weight excluding hydrogens is 256 g/mol. The van der Waals surface area contributed by atoms with Crippen LogP contribution in [0.2, 0.25) is 0 Å². The first-order valence-electron chi connectivity index (χ1n) is 5.35. The van der Waals surface area contributed by atoms with Crippen LogP contribution in [0.1, 0.15) is 31.2 Å². The maximum atomic E-state index is 9.35. The summed E-state index contributed by atoms with van der Waals surface area (Å²) in [5, 5.41) is 9.35. The van der Waals surface area contributed by atoms with Crippen molar-refractivity contribution in [3.8, 4) is 5.75 Å². The summed E-state index contributed by atoms with van der Waals surface area (Å²) in [7, 11) is 0. The van der Waals surface area contributed by atoms with Crippen LogP contribution in [0.3, 0.4) is 0 Å². The van der Waals surface area contributed by atoms with Gasteiger partial charge in [-0.2, -0.15) is 0 Å². The molecule has 0 saturated heterocycles. The van der Waals surface area contributed by atoms with Crippen molar-refractivity contribution in [1.29, 1.82) is 0 Å². The summed E-state index contributed by atoms with van der Waals surface area (Å²) in [6.45, 7) is 0.583. The quantitative estimate of drug-likeness (QED) is 0.909. The summed E-state index contributed by atoms with van der Waals surface area (Å²) in [6, 6.07) is 5.27. The Morgan fingerprint density at radius 2 is 2.07 bits per heavy atom. The molecule has 0 radical (unpaired) electrons. The molecule has 2 nitrogen and oxygen atoms in total. The minimum absolute atomic E-state index is 0.295. The Morgan fingerprint density at radius 1 is 1.33 bits per heavy atom. The van der Waals surface area contributed by atoms with Crippen LogP contribution in [0.25, 0.3) is 0 Å². The maximum Gasteiger partial charge on any atom is 0.116 e. The molecule has 82 valence electrons. The van der Waals surface area contributed by atoms with E-state index in [9.17, 15) is 5.11 Å². The first-order chi connectivity index (χ1) is 7.25. The van der Waals surface area contributed by atoms with Gasteiger partial charge in [-0.25, -0.2) is 0 Å². The monoisotopic (exact) mass is 270 g/mol. The summed E-state index contributed by atoms with van der Waals surface area (Å²) in [5.41, 5.74) is 1.02. The summed E-state index contributed by atoms with van der Waals surface area (Å²) in [5.74, 6) is 0.295. The number of phenols is 1. The fourth-order valence-corrected chi connectivity index (χ4v) is 2.30. The molecule has 2 rings (SSSR count). The topological polar surface area (TPSA) is 29.5 Å². The number of ether oxygens (including phenoxy) is 1. The van der Waals surface area contributed by atoms with Gasteiger partial charge in [-0.3, -0.25) is 0 Å². The molecule has 1 aromatic carbocycles. The number of phenolic OH excluding ortho intramolecular Hbond substituents is 1. The normalized spacial score (nSPS) is 17.1. The van der Waals surface area contributed by atoms with Crippen molar-refractivity contribution in [2.24, 2.45) is 0 Å². The van der Waals surface area contributed by atoms with Gasteiger partial charge < -0.3 is 9.84 Å². The number of hydrogen-bond donors (Lipinski definition) is 1. The van der Waals surface area contributed by atoms with E-state index in [0.717, 1.165) is 10.0 Å². The Morgan fingerprint density at radius 3 is 2.80 bits per heavy atom. The maximum absolute atomic E-state index is 9.35. The van der Waals surface area contributed by atoms with E-state index in [-0.39, 0.29) is 0 Å². The summed E-state index contributed by atoms with van der Waals surface area (Å²) in [4.78, 5) is 0. The third-order valence-corrected chi connectivity index (χ3v) is 3.58. The zero-order chi connectivity index (χ0) is 10.7. The van der Waals surface area contributed by atoms with E-state index >= 15 is 0 Å². The molecule has 1 aliphatic rings. The van der Waals surface area contributed by atoms with Crippen LogP contribution in [0.15, 0.2) is 22.7 Å². The van der Waals surface area contributed by atoms with Gasteiger partial charge in [0.25, 0.3) is 0 Å². The van der Waals surface area contributed by atoms with Gasteiger partial charge in [-0.05, 0) is 36.6 Å². The molecule has 0 aliphatic heterocycles. The molecule has 1 fully saturated rings. The van der Waals surface area contributed by atoms with Crippen molar-refractivity contribution in [1.82, 2.24) is 0 Å². The Balaban J connectivity index is 1.94. The standard InChI is InChI=1S/C12H15BrO2/c13-12-6-5-10(14)7-9(12)8-15-11-3-1-2-4-11/h5-7,11,14H,1-4,8H2. The van der Waals surface area contributed by atoms with Crippen LogP contribution in [0.4, 0.5) is 0 Å². The van der Waals surface area contributed by atoms with Gasteiger partial charge in [-0.15, -0.1) is 0 Å². The number of rotatable bonds is 3. The lowest BCUT2D eigenvalue weighted by Gasteiger charge is -2.12. The lowest BCUT2D eigenvalue weighted by atomic mass is 10.2. The molecular formula is C12H15BrO2. The third kappa shape index (κ3) is 2.95. The van der Waals surface area contributed by atoms with Crippen LogP contribution < -0.4 is 0 Å². The second-order valence-corrected chi connectivity index (χ2v) is 4.85. The second-order valence-electron chi connectivity index (χ2n) is 3.99. The SMILES string of the molecule is Oc1ccc(Br)c(COC2CCCC2)c1. The van der Waals surface area contributed by atoms with Crippen LogP contribution in [0, 0.1) is 0 Å². The van der Waals surface area contributed by atoms with Gasteiger partial charge in [0.2, 0.25) is 0 Å². The highest BCUT2D eigenvalue weighted by Gasteiger charge is 2.15. The second kappa shape index (κ2) is 4.99. The van der Waals surface area contributed by atoms with Gasteiger partial charge in [0.1, 0.15) is 5.75 Å². The highest BCUT2D eigenvalue weighted by atomic mass is 79.9. The number of hydrogen-bond acceptors (Lipinski definition) is 2. The van der Waals surface area contributed by atoms with E-state index < -0.39 is 0 Å². The lowest BCUT2D eigenvalue weighted by molar-refractivity contribution is 0.0453. The predicted octanol–water partition coefficient (Wildman–Crippen LogP) is 3.61. The van der Waals surface area contributed by atoms with Crippen molar-refractivity contribution in [3.63, 3.8) is 0 Å². The van der Waals surface area contributed by atoms with Crippen molar-refractivity contribution >= 4 is 15.9 Å². The molecule has 15 heavy (non-hydrogen) atoms. The van der Waals surface area contributed by atoms with Crippen molar-refractivity contribution < 1.29 is 9.84 Å². The van der Waals surface area contributed by atoms with Crippen LogP contribution in [-0.2, 0) is 11.3 Å². The van der Waals surface area contributed by atoms with E-state index in [1.807, 2.05) is 6.07 Å². The van der Waals surface area contributed by atoms with E-state index in [2.05, 4.69) is 15.9 Å². The molecule has 0 heterocycles. The Kier molecular flexibility index (Phi) is 3.65. The predicted molar refractivity (Wildman–Crippen MR) is 62.9 cm³/mol. The Labute approximate surface area is 98.4 Å². The molecule has 1 N–H and O–H groups in total. The molecule has 1 saturated carbocycles. The molecule has 3 heteroatoms. The molecule has 1 aliphatic carbocycles. The van der Waals surface area contributed by atoms with Gasteiger partial charge in [0.05, 0.1) is 12.7 Å². The molecule has 0 atom stereocenters. The fraction of sp³-hybridized carbons (Fsp3) is 0.500. The Bertz CT molecular complexity index is 332. The van der Waals surface area contributed by atoms with Gasteiger partial charge in [0.15, 0.2) is 0 Å². The minimum Gasteiger partial charge on any atom is -0.508 e. The fourth-order valence-electron chi connectivity index (χ4n) is 1.93. The highest BCUT2D eigenvalue weighted by Crippen LogP contribution is 2.26. The number of benzene rings is 1. The zero-order valence-corrected chi connectivity index (χ0v) is 10.2. The molecule has 1 aromatic rings. The van der Waals surface area contributed by atoms with Crippen molar-refractivity contribution in [3.05, 3.63) is 28.2 Å². The van der Waals surface area contributed by atoms with Crippen molar-refractivity contribution in [2.45, 2.75) is 38.4 Å². The lowest BCUT2D eigenvalue weighted by Crippen LogP contribution is -2.07. The number of aromatic hydroxyl groups is 1. The zero-order valence-electron chi connectivity index (χ0n) is 8.58. The van der Waals surface area contributed by atoms with Gasteiger partial charge >= 0.3 is 0 Å². The van der Waals surface area contributed by atoms with Gasteiger partial charge in [0, 0.05) is 4.47 Å². The minimum atomic E-state index is 0.295. The molecule has 0 bridgehead atoms. The third-order valence-electron chi connectivity index (χ3n) is 2.81. The smallest absolute Gasteiger partial charge is 0.116 e. The van der Waals surface area contributed by atoms with Crippen molar-refractivity contribution in [2.75, 3.05) is 0 Å². The van der Waals surface area contributed by atoms with E-state index in [0.29, 0.717) is 18.5 Å². The van der Waals surface area contributed by atoms with E-state index in [4.69, 9.17) is 4.74 Å². The summed E-state index contributed by atoms with van der Waals surface area (Å²) in [6.07, 6.45) is 5.34. The first-order valence-corrected chi connectivity index (χ1v) is 6.14. The summed E-state index contributed by atoms with van der Waals surface area (Å²) < 4.78 is 6.78. The Hall–Kier alpha value is -0.540. The molecule has 0 spiro atoms. The highest BCUT2D eigenvalue weighted by molar-refractivity contribution is 9.10. The van der Waals surface area contributed by atoms with E-state index in [1.165, 1.54) is 25.7 Å². The largest absolute Gasteiger partial charge is 0.508 e. The number of halogens is 1. The van der Waals surface area contributed by atoms with Crippen LogP contribution >= 0.6 is 15.9 Å². The average molecular weight is 271 g/mol. The first kappa shape index (κ1) is 11.0. The van der Waals surface area contributed by atoms with Crippen LogP contribution in [0.5, 0.6) is 5.75 Å². The van der Waals surface area contributed by atoms with E-state index in [1.54, 1.807) is 12.1 Å². The molecule has 0 unspecified atom stereocenters. The summed E-state index contributed by atoms with van der Waals surface area (Å²) >= 11 is 3.45. The molecule has 0 aromatic heterocycles.